The van der Waals surface area contributed by atoms with E-state index >= 15 is 0 Å². The molecule has 1 aliphatic heterocycles. The van der Waals surface area contributed by atoms with E-state index in [1.807, 2.05) is 12.3 Å². The maximum Gasteiger partial charge on any atom is 0.153 e. The van der Waals surface area contributed by atoms with Gasteiger partial charge in [-0.05, 0) is 51.4 Å². The standard InChI is InChI=1S/C16H25N5/c1-2-5-11-21(10-4-1)12-6-3-8-18-16-15-14(7-9-17-15)19-13-20-16/h7,9,13,17H,1-6,8,10-12H2,(H,18,19,20). The van der Waals surface area contributed by atoms with Crippen molar-refractivity contribution >= 4 is 16.9 Å². The molecule has 0 aliphatic carbocycles. The van der Waals surface area contributed by atoms with Crippen LogP contribution in [0.4, 0.5) is 5.82 Å². The number of anilines is 1. The Labute approximate surface area is 126 Å². The van der Waals surface area contributed by atoms with E-state index in [0.29, 0.717) is 0 Å². The summed E-state index contributed by atoms with van der Waals surface area (Å²) in [7, 11) is 0. The summed E-state index contributed by atoms with van der Waals surface area (Å²) in [5.41, 5.74) is 1.97. The minimum atomic E-state index is 0.916. The van der Waals surface area contributed by atoms with Crippen LogP contribution < -0.4 is 5.32 Å². The zero-order chi connectivity index (χ0) is 14.3. The number of nitrogens with one attached hydrogen (secondary N) is 2. The van der Waals surface area contributed by atoms with Gasteiger partial charge in [0, 0.05) is 12.7 Å². The van der Waals surface area contributed by atoms with Gasteiger partial charge >= 0.3 is 0 Å². The number of aromatic amines is 1. The summed E-state index contributed by atoms with van der Waals surface area (Å²) < 4.78 is 0. The van der Waals surface area contributed by atoms with E-state index in [-0.39, 0.29) is 0 Å². The van der Waals surface area contributed by atoms with E-state index < -0.39 is 0 Å². The summed E-state index contributed by atoms with van der Waals surface area (Å²) in [6.07, 6.45) is 11.6. The molecular formula is C16H25N5. The van der Waals surface area contributed by atoms with E-state index in [1.54, 1.807) is 6.33 Å². The van der Waals surface area contributed by atoms with Gasteiger partial charge in [0.25, 0.3) is 0 Å². The van der Waals surface area contributed by atoms with E-state index in [2.05, 4.69) is 25.2 Å². The fourth-order valence-corrected chi connectivity index (χ4v) is 3.03. The lowest BCUT2D eigenvalue weighted by Crippen LogP contribution is -2.26. The predicted octanol–water partition coefficient (Wildman–Crippen LogP) is 3.03. The van der Waals surface area contributed by atoms with E-state index in [0.717, 1.165) is 23.4 Å². The molecule has 0 spiro atoms. The number of H-pyrrole nitrogens is 1. The second-order valence-corrected chi connectivity index (χ2v) is 5.85. The van der Waals surface area contributed by atoms with Crippen LogP contribution in [0.25, 0.3) is 11.0 Å². The van der Waals surface area contributed by atoms with Gasteiger partial charge in [0.05, 0.1) is 5.52 Å². The number of hydrogen-bond acceptors (Lipinski definition) is 4. The summed E-state index contributed by atoms with van der Waals surface area (Å²) in [5.74, 6) is 0.916. The fraction of sp³-hybridized carbons (Fsp3) is 0.625. The number of fused-ring (bicyclic) bond motifs is 1. The highest BCUT2D eigenvalue weighted by atomic mass is 15.1. The number of unbranched alkanes of at least 4 members (excludes halogenated alkanes) is 1. The van der Waals surface area contributed by atoms with Gasteiger partial charge in [-0.1, -0.05) is 12.8 Å². The zero-order valence-electron chi connectivity index (χ0n) is 12.6. The average molecular weight is 287 g/mol. The summed E-state index contributed by atoms with van der Waals surface area (Å²) in [6.45, 7) is 4.80. The highest BCUT2D eigenvalue weighted by Gasteiger charge is 2.08. The average Bonchev–Trinajstić information content (AvgIpc) is 2.84. The minimum absolute atomic E-state index is 0.916. The predicted molar refractivity (Wildman–Crippen MR) is 86.5 cm³/mol. The van der Waals surface area contributed by atoms with Crippen molar-refractivity contribution in [2.24, 2.45) is 0 Å². The first-order valence-corrected chi connectivity index (χ1v) is 8.18. The molecule has 0 saturated carbocycles. The van der Waals surface area contributed by atoms with Crippen LogP contribution in [0, 0.1) is 0 Å². The minimum Gasteiger partial charge on any atom is -0.368 e. The zero-order valence-corrected chi connectivity index (χ0v) is 12.6. The van der Waals surface area contributed by atoms with Crippen LogP contribution >= 0.6 is 0 Å². The van der Waals surface area contributed by atoms with Crippen LogP contribution in [-0.4, -0.2) is 46.0 Å². The van der Waals surface area contributed by atoms with Gasteiger partial charge in [-0.15, -0.1) is 0 Å². The molecule has 114 valence electrons. The van der Waals surface area contributed by atoms with Crippen molar-refractivity contribution in [2.75, 3.05) is 31.5 Å². The number of aromatic nitrogens is 3. The molecule has 1 aliphatic rings. The smallest absolute Gasteiger partial charge is 0.153 e. The molecule has 5 nitrogen and oxygen atoms in total. The Balaban J connectivity index is 1.39. The van der Waals surface area contributed by atoms with Crippen LogP contribution in [0.2, 0.25) is 0 Å². The summed E-state index contributed by atoms with van der Waals surface area (Å²) >= 11 is 0. The maximum absolute atomic E-state index is 4.32. The Morgan fingerprint density at radius 1 is 1.10 bits per heavy atom. The van der Waals surface area contributed by atoms with Gasteiger partial charge in [-0.25, -0.2) is 9.97 Å². The van der Waals surface area contributed by atoms with Crippen LogP contribution in [0.1, 0.15) is 38.5 Å². The van der Waals surface area contributed by atoms with Crippen molar-refractivity contribution in [1.29, 1.82) is 0 Å². The first-order valence-electron chi connectivity index (χ1n) is 8.18. The Morgan fingerprint density at radius 2 is 1.95 bits per heavy atom. The van der Waals surface area contributed by atoms with Crippen molar-refractivity contribution in [3.05, 3.63) is 18.6 Å². The van der Waals surface area contributed by atoms with Crippen molar-refractivity contribution in [1.82, 2.24) is 19.9 Å². The molecule has 21 heavy (non-hydrogen) atoms. The molecule has 0 bridgehead atoms. The van der Waals surface area contributed by atoms with Crippen LogP contribution in [0.3, 0.4) is 0 Å². The second-order valence-electron chi connectivity index (χ2n) is 5.85. The first kappa shape index (κ1) is 14.3. The second kappa shape index (κ2) is 7.41. The SMILES string of the molecule is c1nc(NCCCCN2CCCCCC2)c2[nH]ccc2n1. The van der Waals surface area contributed by atoms with Gasteiger partial charge < -0.3 is 15.2 Å². The maximum atomic E-state index is 4.32. The van der Waals surface area contributed by atoms with E-state index in [1.165, 1.54) is 58.2 Å². The Bertz CT molecular complexity index is 542. The highest BCUT2D eigenvalue weighted by Crippen LogP contribution is 2.16. The monoisotopic (exact) mass is 287 g/mol. The van der Waals surface area contributed by atoms with Gasteiger partial charge in [0.2, 0.25) is 0 Å². The van der Waals surface area contributed by atoms with E-state index in [9.17, 15) is 0 Å². The number of nitrogens with zero attached hydrogens (tertiary/aromatic N) is 3. The third-order valence-electron chi connectivity index (χ3n) is 4.24. The third kappa shape index (κ3) is 3.94. The molecule has 0 amide bonds. The van der Waals surface area contributed by atoms with Gasteiger partial charge in [-0.2, -0.15) is 0 Å². The van der Waals surface area contributed by atoms with Crippen LogP contribution in [-0.2, 0) is 0 Å². The highest BCUT2D eigenvalue weighted by molar-refractivity contribution is 5.85. The largest absolute Gasteiger partial charge is 0.368 e. The fourth-order valence-electron chi connectivity index (χ4n) is 3.03. The molecule has 2 aromatic rings. The number of hydrogen-bond donors (Lipinski definition) is 2. The summed E-state index contributed by atoms with van der Waals surface area (Å²) in [6, 6.07) is 1.97. The normalized spacial score (nSPS) is 17.0. The Kier molecular flexibility index (Phi) is 5.05. The summed E-state index contributed by atoms with van der Waals surface area (Å²) in [5, 5.41) is 3.42. The van der Waals surface area contributed by atoms with Gasteiger partial charge in [0.15, 0.2) is 5.82 Å². The molecule has 0 atom stereocenters. The third-order valence-corrected chi connectivity index (χ3v) is 4.24. The molecular weight excluding hydrogens is 262 g/mol. The Hall–Kier alpha value is -1.62. The quantitative estimate of drug-likeness (QED) is 0.802. The topological polar surface area (TPSA) is 56.8 Å². The van der Waals surface area contributed by atoms with Crippen molar-refractivity contribution in [2.45, 2.75) is 38.5 Å². The molecule has 3 heterocycles. The Morgan fingerprint density at radius 3 is 2.81 bits per heavy atom. The van der Waals surface area contributed by atoms with E-state index in [4.69, 9.17) is 0 Å². The van der Waals surface area contributed by atoms with Gasteiger partial charge in [0.1, 0.15) is 11.8 Å². The molecule has 2 N–H and O–H groups in total. The lowest BCUT2D eigenvalue weighted by molar-refractivity contribution is 0.280. The molecule has 1 fully saturated rings. The lowest BCUT2D eigenvalue weighted by atomic mass is 10.2. The van der Waals surface area contributed by atoms with Crippen LogP contribution in [0.15, 0.2) is 18.6 Å². The molecule has 2 aromatic heterocycles. The van der Waals surface area contributed by atoms with Crippen molar-refractivity contribution in [3.8, 4) is 0 Å². The molecule has 0 radical (unpaired) electrons. The van der Waals surface area contributed by atoms with Gasteiger partial charge in [-0.3, -0.25) is 0 Å². The van der Waals surface area contributed by atoms with Crippen LogP contribution in [0.5, 0.6) is 0 Å². The molecule has 0 unspecified atom stereocenters. The molecule has 5 heteroatoms. The lowest BCUT2D eigenvalue weighted by Gasteiger charge is -2.19. The first-order chi connectivity index (χ1) is 10.4. The number of rotatable bonds is 6. The molecule has 0 aromatic carbocycles. The molecule has 3 rings (SSSR count). The molecule has 1 saturated heterocycles. The van der Waals surface area contributed by atoms with Crippen molar-refractivity contribution < 1.29 is 0 Å². The summed E-state index contributed by atoms with van der Waals surface area (Å²) in [4.78, 5) is 14.4. The van der Waals surface area contributed by atoms with Crippen molar-refractivity contribution in [3.63, 3.8) is 0 Å². The number of likely N-dealkylation sites (tertiary alicyclic amines) is 1.